The van der Waals surface area contributed by atoms with Gasteiger partial charge in [0.15, 0.2) is 0 Å². The molecule has 0 unspecified atom stereocenters. The molecule has 0 amide bonds. The summed E-state index contributed by atoms with van der Waals surface area (Å²) in [5.41, 5.74) is 9.96. The number of nitrogen functional groups attached to an aromatic ring is 1. The molecule has 2 N–H and O–H groups in total. The third kappa shape index (κ3) is 1.66. The lowest BCUT2D eigenvalue weighted by Crippen LogP contribution is -2.34. The first-order chi connectivity index (χ1) is 8.33. The molecule has 17 heavy (non-hydrogen) atoms. The van der Waals surface area contributed by atoms with E-state index in [2.05, 4.69) is 17.0 Å². The smallest absolute Gasteiger partial charge is 0.0363 e. The van der Waals surface area contributed by atoms with Crippen LogP contribution in [0.2, 0.25) is 0 Å². The SMILES string of the molecule is Nc1cccc2c1CN(C(C1CC1)C1CC1)C2. The average Bonchev–Trinajstić information content (AvgIpc) is 3.20. The van der Waals surface area contributed by atoms with Crippen LogP contribution in [0, 0.1) is 11.8 Å². The van der Waals surface area contributed by atoms with Crippen molar-refractivity contribution < 1.29 is 0 Å². The summed E-state index contributed by atoms with van der Waals surface area (Å²) in [4.78, 5) is 2.70. The summed E-state index contributed by atoms with van der Waals surface area (Å²) in [6.45, 7) is 2.23. The van der Waals surface area contributed by atoms with Gasteiger partial charge in [-0.25, -0.2) is 0 Å². The summed E-state index contributed by atoms with van der Waals surface area (Å²) in [7, 11) is 0. The van der Waals surface area contributed by atoms with E-state index >= 15 is 0 Å². The fraction of sp³-hybridized carbons (Fsp3) is 0.600. The lowest BCUT2D eigenvalue weighted by Gasteiger charge is -2.27. The van der Waals surface area contributed by atoms with E-state index in [0.717, 1.165) is 36.7 Å². The molecule has 1 heterocycles. The average molecular weight is 228 g/mol. The molecule has 0 aromatic heterocycles. The molecule has 1 aromatic rings. The molecule has 0 saturated heterocycles. The molecule has 4 rings (SSSR count). The number of hydrogen-bond donors (Lipinski definition) is 1. The molecule has 0 radical (unpaired) electrons. The van der Waals surface area contributed by atoms with Crippen LogP contribution in [-0.2, 0) is 13.1 Å². The maximum Gasteiger partial charge on any atom is 0.0363 e. The summed E-state index contributed by atoms with van der Waals surface area (Å²) >= 11 is 0. The van der Waals surface area contributed by atoms with Gasteiger partial charge in [-0.1, -0.05) is 12.1 Å². The minimum absolute atomic E-state index is 0.863. The number of nitrogens with two attached hydrogens (primary N) is 1. The van der Waals surface area contributed by atoms with Crippen molar-refractivity contribution in [3.05, 3.63) is 29.3 Å². The molecular formula is C15H20N2. The number of nitrogens with zero attached hydrogens (tertiary/aromatic N) is 1. The second-order valence-corrected chi connectivity index (χ2v) is 6.06. The fourth-order valence-electron chi connectivity index (χ4n) is 3.54. The molecule has 2 fully saturated rings. The topological polar surface area (TPSA) is 29.3 Å². The van der Waals surface area contributed by atoms with Gasteiger partial charge in [0, 0.05) is 24.8 Å². The first-order valence-electron chi connectivity index (χ1n) is 6.93. The summed E-state index contributed by atoms with van der Waals surface area (Å²) < 4.78 is 0. The summed E-state index contributed by atoms with van der Waals surface area (Å²) in [6, 6.07) is 7.26. The van der Waals surface area contributed by atoms with Gasteiger partial charge < -0.3 is 5.73 Å². The Kier molecular flexibility index (Phi) is 2.04. The number of anilines is 1. The van der Waals surface area contributed by atoms with Gasteiger partial charge in [0.05, 0.1) is 0 Å². The third-order valence-corrected chi connectivity index (χ3v) is 4.68. The van der Waals surface area contributed by atoms with Crippen LogP contribution in [0.25, 0.3) is 0 Å². The summed E-state index contributed by atoms with van der Waals surface area (Å²) in [5, 5.41) is 0. The van der Waals surface area contributed by atoms with Gasteiger partial charge in [0.25, 0.3) is 0 Å². The standard InChI is InChI=1S/C15H20N2/c16-14-3-1-2-12-8-17(9-13(12)14)15(10-4-5-10)11-6-7-11/h1-3,10-11,15H,4-9,16H2. The van der Waals surface area contributed by atoms with Crippen LogP contribution in [-0.4, -0.2) is 10.9 Å². The molecule has 0 atom stereocenters. The van der Waals surface area contributed by atoms with Crippen molar-refractivity contribution in [3.8, 4) is 0 Å². The highest BCUT2D eigenvalue weighted by Crippen LogP contribution is 2.49. The Morgan fingerprint density at radius 3 is 2.35 bits per heavy atom. The summed E-state index contributed by atoms with van der Waals surface area (Å²) in [6.07, 6.45) is 5.85. The van der Waals surface area contributed by atoms with Crippen molar-refractivity contribution in [3.63, 3.8) is 0 Å². The van der Waals surface area contributed by atoms with Gasteiger partial charge in [0.2, 0.25) is 0 Å². The normalized spacial score (nSPS) is 24.3. The van der Waals surface area contributed by atoms with E-state index in [0.29, 0.717) is 0 Å². The van der Waals surface area contributed by atoms with Crippen LogP contribution < -0.4 is 5.73 Å². The molecule has 0 spiro atoms. The van der Waals surface area contributed by atoms with Crippen molar-refractivity contribution in [2.75, 3.05) is 5.73 Å². The zero-order valence-corrected chi connectivity index (χ0v) is 10.2. The Bertz CT molecular complexity index is 434. The van der Waals surface area contributed by atoms with Crippen molar-refractivity contribution in [1.29, 1.82) is 0 Å². The molecular weight excluding hydrogens is 208 g/mol. The Morgan fingerprint density at radius 1 is 1.06 bits per heavy atom. The van der Waals surface area contributed by atoms with E-state index in [1.54, 1.807) is 0 Å². The van der Waals surface area contributed by atoms with Crippen molar-refractivity contribution in [2.24, 2.45) is 11.8 Å². The second kappa shape index (κ2) is 3.49. The quantitative estimate of drug-likeness (QED) is 0.806. The maximum atomic E-state index is 6.09. The number of fused-ring (bicyclic) bond motifs is 1. The first kappa shape index (κ1) is 9.95. The van der Waals surface area contributed by atoms with Crippen LogP contribution >= 0.6 is 0 Å². The lowest BCUT2D eigenvalue weighted by molar-refractivity contribution is 0.157. The predicted molar refractivity (Wildman–Crippen MR) is 69.3 cm³/mol. The largest absolute Gasteiger partial charge is 0.398 e. The van der Waals surface area contributed by atoms with E-state index in [1.165, 1.54) is 36.8 Å². The van der Waals surface area contributed by atoms with Crippen LogP contribution in [0.3, 0.4) is 0 Å². The van der Waals surface area contributed by atoms with Gasteiger partial charge >= 0.3 is 0 Å². The molecule has 2 nitrogen and oxygen atoms in total. The van der Waals surface area contributed by atoms with E-state index in [1.807, 2.05) is 6.07 Å². The van der Waals surface area contributed by atoms with E-state index in [4.69, 9.17) is 5.73 Å². The molecule has 2 heteroatoms. The van der Waals surface area contributed by atoms with Crippen molar-refractivity contribution in [2.45, 2.75) is 44.8 Å². The Labute approximate surface area is 103 Å². The van der Waals surface area contributed by atoms with Gasteiger partial charge in [-0.3, -0.25) is 4.90 Å². The highest BCUT2D eigenvalue weighted by molar-refractivity contribution is 5.52. The van der Waals surface area contributed by atoms with Crippen LogP contribution in [0.5, 0.6) is 0 Å². The van der Waals surface area contributed by atoms with Gasteiger partial charge in [-0.05, 0) is 54.7 Å². The maximum absolute atomic E-state index is 6.09. The molecule has 3 aliphatic rings. The molecule has 90 valence electrons. The minimum Gasteiger partial charge on any atom is -0.398 e. The highest BCUT2D eigenvalue weighted by atomic mass is 15.2. The molecule has 2 aliphatic carbocycles. The van der Waals surface area contributed by atoms with Gasteiger partial charge in [0.1, 0.15) is 0 Å². The zero-order valence-electron chi connectivity index (χ0n) is 10.2. The molecule has 1 aliphatic heterocycles. The van der Waals surface area contributed by atoms with E-state index in [-0.39, 0.29) is 0 Å². The van der Waals surface area contributed by atoms with Crippen LogP contribution in [0.15, 0.2) is 18.2 Å². The zero-order chi connectivity index (χ0) is 11.4. The predicted octanol–water partition coefficient (Wildman–Crippen LogP) is 2.77. The van der Waals surface area contributed by atoms with Gasteiger partial charge in [-0.15, -0.1) is 0 Å². The monoisotopic (exact) mass is 228 g/mol. The Hall–Kier alpha value is -1.02. The minimum atomic E-state index is 0.863. The number of hydrogen-bond acceptors (Lipinski definition) is 2. The van der Waals surface area contributed by atoms with Crippen LogP contribution in [0.4, 0.5) is 5.69 Å². The highest BCUT2D eigenvalue weighted by Gasteiger charge is 2.45. The second-order valence-electron chi connectivity index (χ2n) is 6.06. The molecule has 2 saturated carbocycles. The van der Waals surface area contributed by atoms with Gasteiger partial charge in [-0.2, -0.15) is 0 Å². The first-order valence-corrected chi connectivity index (χ1v) is 6.93. The Morgan fingerprint density at radius 2 is 1.76 bits per heavy atom. The summed E-state index contributed by atoms with van der Waals surface area (Å²) in [5.74, 6) is 2.00. The Balaban J connectivity index is 1.60. The van der Waals surface area contributed by atoms with Crippen molar-refractivity contribution in [1.82, 2.24) is 4.90 Å². The third-order valence-electron chi connectivity index (χ3n) is 4.68. The van der Waals surface area contributed by atoms with E-state index in [9.17, 15) is 0 Å². The van der Waals surface area contributed by atoms with E-state index < -0.39 is 0 Å². The molecule has 1 aromatic carbocycles. The van der Waals surface area contributed by atoms with Crippen molar-refractivity contribution >= 4 is 5.69 Å². The molecule has 0 bridgehead atoms. The number of benzene rings is 1. The lowest BCUT2D eigenvalue weighted by atomic mass is 10.1. The fourth-order valence-corrected chi connectivity index (χ4v) is 3.54. The number of rotatable bonds is 3. The van der Waals surface area contributed by atoms with Crippen LogP contribution in [0.1, 0.15) is 36.8 Å².